The van der Waals surface area contributed by atoms with E-state index in [1.807, 2.05) is 30.3 Å². The summed E-state index contributed by atoms with van der Waals surface area (Å²) in [6.45, 7) is 0.0113. The number of Topliss-reactive ketones (excluding diaryl/α,β-unsaturated/α-hetero) is 1. The quantitative estimate of drug-likeness (QED) is 0.603. The number of ketones is 1. The number of aromatic hydroxyl groups is 1. The van der Waals surface area contributed by atoms with E-state index < -0.39 is 12.0 Å². The van der Waals surface area contributed by atoms with Gasteiger partial charge in [-0.2, -0.15) is 0 Å². The molecule has 0 saturated carbocycles. The van der Waals surface area contributed by atoms with Crippen molar-refractivity contribution in [2.75, 3.05) is 13.7 Å². The van der Waals surface area contributed by atoms with Crippen LogP contribution < -0.4 is 5.32 Å². The molecule has 0 spiro atoms. The Labute approximate surface area is 134 Å². The standard InChI is InChI=1S/C18H19NO4/c1-23-18(22)16(11-13-5-3-2-4-6-13)19-12-17(21)14-7-9-15(20)10-8-14/h2-10,16,19-20H,11-12H2,1H3/t16-/m0/s1. The van der Waals surface area contributed by atoms with Gasteiger partial charge in [-0.1, -0.05) is 30.3 Å². The molecule has 0 aromatic heterocycles. The molecule has 2 N–H and O–H groups in total. The molecule has 0 amide bonds. The molecule has 0 aliphatic carbocycles. The third-order valence-corrected chi connectivity index (χ3v) is 3.47. The van der Waals surface area contributed by atoms with Gasteiger partial charge < -0.3 is 9.84 Å². The molecular weight excluding hydrogens is 294 g/mol. The Hall–Kier alpha value is -2.66. The Morgan fingerprint density at radius 2 is 1.74 bits per heavy atom. The minimum absolute atomic E-state index is 0.0113. The van der Waals surface area contributed by atoms with Crippen molar-refractivity contribution in [1.82, 2.24) is 5.32 Å². The summed E-state index contributed by atoms with van der Waals surface area (Å²) < 4.78 is 4.79. The van der Waals surface area contributed by atoms with Crippen LogP contribution in [0, 0.1) is 0 Å². The highest BCUT2D eigenvalue weighted by molar-refractivity contribution is 5.98. The lowest BCUT2D eigenvalue weighted by Gasteiger charge is -2.16. The summed E-state index contributed by atoms with van der Waals surface area (Å²) in [6.07, 6.45) is 0.441. The Bertz CT molecular complexity index is 652. The maximum Gasteiger partial charge on any atom is 0.323 e. The number of hydrogen-bond acceptors (Lipinski definition) is 5. The maximum absolute atomic E-state index is 12.1. The number of benzene rings is 2. The fourth-order valence-corrected chi connectivity index (χ4v) is 2.20. The van der Waals surface area contributed by atoms with Gasteiger partial charge in [-0.05, 0) is 36.2 Å². The van der Waals surface area contributed by atoms with Gasteiger partial charge in [0.1, 0.15) is 11.8 Å². The Balaban J connectivity index is 1.99. The van der Waals surface area contributed by atoms with Crippen LogP contribution in [0.3, 0.4) is 0 Å². The number of carbonyl (C=O) groups excluding carboxylic acids is 2. The number of ether oxygens (including phenoxy) is 1. The van der Waals surface area contributed by atoms with E-state index in [9.17, 15) is 14.7 Å². The van der Waals surface area contributed by atoms with Gasteiger partial charge in [0.25, 0.3) is 0 Å². The molecule has 120 valence electrons. The molecular formula is C18H19NO4. The summed E-state index contributed by atoms with van der Waals surface area (Å²) in [7, 11) is 1.32. The second-order valence-electron chi connectivity index (χ2n) is 5.12. The normalized spacial score (nSPS) is 11.7. The van der Waals surface area contributed by atoms with Crippen LogP contribution in [0.15, 0.2) is 54.6 Å². The molecule has 0 saturated heterocycles. The van der Waals surface area contributed by atoms with Gasteiger partial charge in [-0.25, -0.2) is 0 Å². The number of rotatable bonds is 7. The lowest BCUT2D eigenvalue weighted by molar-refractivity contribution is -0.143. The van der Waals surface area contributed by atoms with Crippen molar-refractivity contribution >= 4 is 11.8 Å². The second-order valence-corrected chi connectivity index (χ2v) is 5.12. The molecule has 0 aliphatic rings. The van der Waals surface area contributed by atoms with Crippen molar-refractivity contribution in [1.29, 1.82) is 0 Å². The molecule has 0 heterocycles. The molecule has 2 aromatic carbocycles. The summed E-state index contributed by atoms with van der Waals surface area (Å²) in [5, 5.41) is 12.2. The van der Waals surface area contributed by atoms with Gasteiger partial charge in [0.05, 0.1) is 13.7 Å². The van der Waals surface area contributed by atoms with E-state index >= 15 is 0 Å². The molecule has 0 unspecified atom stereocenters. The predicted molar refractivity (Wildman–Crippen MR) is 86.4 cm³/mol. The predicted octanol–water partition coefficient (Wildman–Crippen LogP) is 1.95. The van der Waals surface area contributed by atoms with Crippen molar-refractivity contribution in [2.24, 2.45) is 0 Å². The third kappa shape index (κ3) is 4.93. The van der Waals surface area contributed by atoms with Crippen LogP contribution in [0.4, 0.5) is 0 Å². The van der Waals surface area contributed by atoms with Crippen molar-refractivity contribution in [3.8, 4) is 5.75 Å². The van der Waals surface area contributed by atoms with Crippen LogP contribution in [0.1, 0.15) is 15.9 Å². The molecule has 5 nitrogen and oxygen atoms in total. The topological polar surface area (TPSA) is 75.6 Å². The van der Waals surface area contributed by atoms with E-state index in [0.29, 0.717) is 12.0 Å². The zero-order valence-electron chi connectivity index (χ0n) is 12.9. The molecule has 0 radical (unpaired) electrons. The summed E-state index contributed by atoms with van der Waals surface area (Å²) in [4.78, 5) is 24.0. The van der Waals surface area contributed by atoms with Crippen LogP contribution in [0.5, 0.6) is 5.75 Å². The molecule has 23 heavy (non-hydrogen) atoms. The van der Waals surface area contributed by atoms with E-state index in [2.05, 4.69) is 5.32 Å². The van der Waals surface area contributed by atoms with Gasteiger partial charge in [0.2, 0.25) is 0 Å². The minimum Gasteiger partial charge on any atom is -0.508 e. The van der Waals surface area contributed by atoms with Gasteiger partial charge in [-0.15, -0.1) is 0 Å². The number of phenols is 1. The number of carbonyl (C=O) groups is 2. The second kappa shape index (κ2) is 8.10. The lowest BCUT2D eigenvalue weighted by atomic mass is 10.1. The Morgan fingerprint density at radius 3 is 2.35 bits per heavy atom. The number of esters is 1. The van der Waals surface area contributed by atoms with Crippen molar-refractivity contribution in [3.05, 3.63) is 65.7 Å². The van der Waals surface area contributed by atoms with Crippen LogP contribution in [-0.2, 0) is 16.0 Å². The lowest BCUT2D eigenvalue weighted by Crippen LogP contribution is -2.42. The summed E-state index contributed by atoms with van der Waals surface area (Å²) in [6, 6.07) is 14.9. The number of phenolic OH excluding ortho intramolecular Hbond substituents is 1. The molecule has 5 heteroatoms. The highest BCUT2D eigenvalue weighted by Gasteiger charge is 2.20. The summed E-state index contributed by atoms with van der Waals surface area (Å²) in [5.74, 6) is -0.467. The number of hydrogen-bond donors (Lipinski definition) is 2. The Morgan fingerprint density at radius 1 is 1.09 bits per heavy atom. The SMILES string of the molecule is COC(=O)[C@H](Cc1ccccc1)NCC(=O)c1ccc(O)cc1. The highest BCUT2D eigenvalue weighted by atomic mass is 16.5. The third-order valence-electron chi connectivity index (χ3n) is 3.47. The van der Waals surface area contributed by atoms with E-state index in [0.717, 1.165) is 5.56 Å². The maximum atomic E-state index is 12.1. The zero-order valence-corrected chi connectivity index (χ0v) is 12.9. The molecule has 1 atom stereocenters. The van der Waals surface area contributed by atoms with Crippen molar-refractivity contribution in [3.63, 3.8) is 0 Å². The van der Waals surface area contributed by atoms with Gasteiger partial charge in [0.15, 0.2) is 5.78 Å². The molecule has 2 aromatic rings. The molecule has 0 fully saturated rings. The molecule has 0 bridgehead atoms. The summed E-state index contributed by atoms with van der Waals surface area (Å²) >= 11 is 0. The first-order chi connectivity index (χ1) is 11.1. The van der Waals surface area contributed by atoms with E-state index in [4.69, 9.17) is 4.74 Å². The average molecular weight is 313 g/mol. The molecule has 0 aliphatic heterocycles. The van der Waals surface area contributed by atoms with Crippen molar-refractivity contribution < 1.29 is 19.4 Å². The first-order valence-electron chi connectivity index (χ1n) is 7.27. The molecule has 2 rings (SSSR count). The van der Waals surface area contributed by atoms with Gasteiger partial charge in [-0.3, -0.25) is 14.9 Å². The fourth-order valence-electron chi connectivity index (χ4n) is 2.20. The number of nitrogens with one attached hydrogen (secondary N) is 1. The van der Waals surface area contributed by atoms with Crippen LogP contribution >= 0.6 is 0 Å². The highest BCUT2D eigenvalue weighted by Crippen LogP contribution is 2.10. The first-order valence-corrected chi connectivity index (χ1v) is 7.27. The van der Waals surface area contributed by atoms with Crippen LogP contribution in [0.2, 0.25) is 0 Å². The zero-order chi connectivity index (χ0) is 16.7. The first kappa shape index (κ1) is 16.7. The van der Waals surface area contributed by atoms with Gasteiger partial charge in [0, 0.05) is 5.56 Å². The smallest absolute Gasteiger partial charge is 0.323 e. The fraction of sp³-hybridized carbons (Fsp3) is 0.222. The van der Waals surface area contributed by atoms with Gasteiger partial charge >= 0.3 is 5.97 Å². The van der Waals surface area contributed by atoms with Crippen LogP contribution in [0.25, 0.3) is 0 Å². The minimum atomic E-state index is -0.594. The Kier molecular flexibility index (Phi) is 5.88. The monoisotopic (exact) mass is 313 g/mol. The average Bonchev–Trinajstić information content (AvgIpc) is 2.59. The number of methoxy groups -OCH3 is 1. The summed E-state index contributed by atoms with van der Waals surface area (Å²) in [5.41, 5.74) is 1.45. The van der Waals surface area contributed by atoms with Crippen molar-refractivity contribution in [2.45, 2.75) is 12.5 Å². The van der Waals surface area contributed by atoms with E-state index in [1.165, 1.54) is 19.2 Å². The van der Waals surface area contributed by atoms with Crippen LogP contribution in [-0.4, -0.2) is 36.6 Å². The largest absolute Gasteiger partial charge is 0.508 e. The van der Waals surface area contributed by atoms with E-state index in [1.54, 1.807) is 12.1 Å². The van der Waals surface area contributed by atoms with E-state index in [-0.39, 0.29) is 18.1 Å².